The minimum absolute atomic E-state index is 0. The number of carbonyl (C=O) groups is 1. The molecule has 0 radical (unpaired) electrons. The van der Waals surface area contributed by atoms with Gasteiger partial charge in [0.2, 0.25) is 5.91 Å². The first-order valence-electron chi connectivity index (χ1n) is 6.52. The molecule has 0 saturated carbocycles. The zero-order chi connectivity index (χ0) is 13.3. The van der Waals surface area contributed by atoms with Gasteiger partial charge in [-0.05, 0) is 32.6 Å². The van der Waals surface area contributed by atoms with E-state index in [0.29, 0.717) is 32.1 Å². The predicted molar refractivity (Wildman–Crippen MR) is 78.0 cm³/mol. The molecule has 0 bridgehead atoms. The van der Waals surface area contributed by atoms with E-state index in [4.69, 9.17) is 10.5 Å². The Kier molecular flexibility index (Phi) is 11.8. The number of hydrogen-bond donors (Lipinski definition) is 2. The third kappa shape index (κ3) is 9.68. The maximum absolute atomic E-state index is 11.7. The minimum Gasteiger partial charge on any atom is -0.382 e. The monoisotopic (exact) mass is 280 g/mol. The molecule has 0 saturated heterocycles. The van der Waals surface area contributed by atoms with Crippen LogP contribution in [-0.4, -0.2) is 31.2 Å². The second-order valence-corrected chi connectivity index (χ2v) is 5.21. The zero-order valence-corrected chi connectivity index (χ0v) is 12.9. The van der Waals surface area contributed by atoms with Gasteiger partial charge in [0.1, 0.15) is 0 Å². The summed E-state index contributed by atoms with van der Waals surface area (Å²) >= 11 is 0. The van der Waals surface area contributed by atoms with Crippen LogP contribution in [0.5, 0.6) is 0 Å². The van der Waals surface area contributed by atoms with Gasteiger partial charge in [-0.1, -0.05) is 13.8 Å². The highest BCUT2D eigenvalue weighted by Crippen LogP contribution is 2.15. The van der Waals surface area contributed by atoms with Crippen LogP contribution in [0.25, 0.3) is 0 Å². The van der Waals surface area contributed by atoms with E-state index in [-0.39, 0.29) is 23.9 Å². The molecule has 0 aromatic rings. The van der Waals surface area contributed by atoms with Gasteiger partial charge in [0, 0.05) is 31.7 Å². The van der Waals surface area contributed by atoms with Crippen molar-refractivity contribution in [3.05, 3.63) is 0 Å². The number of nitrogens with one attached hydrogen (secondary N) is 1. The van der Waals surface area contributed by atoms with E-state index in [9.17, 15) is 4.79 Å². The van der Waals surface area contributed by atoms with Crippen molar-refractivity contribution >= 4 is 18.3 Å². The Morgan fingerprint density at radius 3 is 2.50 bits per heavy atom. The molecule has 0 aliphatic carbocycles. The molecule has 0 fully saturated rings. The van der Waals surface area contributed by atoms with Crippen molar-refractivity contribution in [1.82, 2.24) is 5.32 Å². The van der Waals surface area contributed by atoms with Gasteiger partial charge in [-0.2, -0.15) is 0 Å². The van der Waals surface area contributed by atoms with Gasteiger partial charge in [-0.25, -0.2) is 0 Å². The van der Waals surface area contributed by atoms with Gasteiger partial charge in [0.05, 0.1) is 0 Å². The molecule has 0 aliphatic heterocycles. The fraction of sp³-hybridized carbons (Fsp3) is 0.923. The SMILES string of the molecule is CCOCCCC(=O)NC(C)(CN)CC(C)C.Cl. The first-order valence-corrected chi connectivity index (χ1v) is 6.52. The Balaban J connectivity index is 0. The molecule has 0 aromatic carbocycles. The van der Waals surface area contributed by atoms with Crippen LogP contribution in [0.3, 0.4) is 0 Å². The van der Waals surface area contributed by atoms with Crippen molar-refractivity contribution in [3.63, 3.8) is 0 Å². The van der Waals surface area contributed by atoms with Crippen molar-refractivity contribution in [2.75, 3.05) is 19.8 Å². The number of rotatable bonds is 9. The molecule has 3 N–H and O–H groups in total. The molecular weight excluding hydrogens is 252 g/mol. The highest BCUT2D eigenvalue weighted by atomic mass is 35.5. The lowest BCUT2D eigenvalue weighted by Crippen LogP contribution is -2.52. The lowest BCUT2D eigenvalue weighted by atomic mass is 9.90. The molecule has 1 atom stereocenters. The summed E-state index contributed by atoms with van der Waals surface area (Å²) in [5.41, 5.74) is 5.46. The molecule has 4 nitrogen and oxygen atoms in total. The Morgan fingerprint density at radius 2 is 2.06 bits per heavy atom. The van der Waals surface area contributed by atoms with E-state index in [1.807, 2.05) is 13.8 Å². The molecular formula is C13H29ClN2O2. The smallest absolute Gasteiger partial charge is 0.220 e. The van der Waals surface area contributed by atoms with Crippen LogP contribution < -0.4 is 11.1 Å². The van der Waals surface area contributed by atoms with Gasteiger partial charge in [-0.3, -0.25) is 4.79 Å². The summed E-state index contributed by atoms with van der Waals surface area (Å²) in [5, 5.41) is 3.03. The summed E-state index contributed by atoms with van der Waals surface area (Å²) < 4.78 is 5.20. The number of halogens is 1. The van der Waals surface area contributed by atoms with E-state index < -0.39 is 0 Å². The third-order valence-electron chi connectivity index (χ3n) is 2.65. The molecule has 0 aromatic heterocycles. The van der Waals surface area contributed by atoms with Crippen molar-refractivity contribution in [3.8, 4) is 0 Å². The minimum atomic E-state index is -0.281. The van der Waals surface area contributed by atoms with E-state index >= 15 is 0 Å². The topological polar surface area (TPSA) is 64.3 Å². The normalized spacial score (nSPS) is 13.9. The van der Waals surface area contributed by atoms with Gasteiger partial charge < -0.3 is 15.8 Å². The largest absolute Gasteiger partial charge is 0.382 e. The second kappa shape index (κ2) is 10.6. The number of amides is 1. The quantitative estimate of drug-likeness (QED) is 0.636. The Labute approximate surface area is 117 Å². The number of nitrogens with two attached hydrogens (primary N) is 1. The van der Waals surface area contributed by atoms with Crippen LogP contribution in [-0.2, 0) is 9.53 Å². The summed E-state index contributed by atoms with van der Waals surface area (Å²) in [4.78, 5) is 11.7. The number of hydrogen-bond acceptors (Lipinski definition) is 3. The summed E-state index contributed by atoms with van der Waals surface area (Å²) in [5.74, 6) is 0.588. The number of carbonyl (C=O) groups excluding carboxylic acids is 1. The van der Waals surface area contributed by atoms with Crippen LogP contribution in [0.1, 0.15) is 47.0 Å². The molecule has 18 heavy (non-hydrogen) atoms. The third-order valence-corrected chi connectivity index (χ3v) is 2.65. The van der Waals surface area contributed by atoms with Crippen LogP contribution >= 0.6 is 12.4 Å². The first kappa shape index (κ1) is 20.0. The second-order valence-electron chi connectivity index (χ2n) is 5.21. The van der Waals surface area contributed by atoms with Gasteiger partial charge in [-0.15, -0.1) is 12.4 Å². The van der Waals surface area contributed by atoms with Crippen LogP contribution in [0.15, 0.2) is 0 Å². The maximum atomic E-state index is 11.7. The fourth-order valence-electron chi connectivity index (χ4n) is 1.96. The summed E-state index contributed by atoms with van der Waals surface area (Å²) in [7, 11) is 0. The Morgan fingerprint density at radius 1 is 1.44 bits per heavy atom. The first-order chi connectivity index (χ1) is 7.93. The van der Waals surface area contributed by atoms with E-state index in [1.54, 1.807) is 0 Å². The van der Waals surface area contributed by atoms with Gasteiger partial charge >= 0.3 is 0 Å². The standard InChI is InChI=1S/C13H28N2O2.ClH/c1-5-17-8-6-7-12(16)15-13(4,10-14)9-11(2)3;/h11H,5-10,14H2,1-4H3,(H,15,16);1H. The van der Waals surface area contributed by atoms with Crippen molar-refractivity contribution < 1.29 is 9.53 Å². The van der Waals surface area contributed by atoms with E-state index in [2.05, 4.69) is 19.2 Å². The van der Waals surface area contributed by atoms with Crippen molar-refractivity contribution in [2.24, 2.45) is 11.7 Å². The number of ether oxygens (including phenoxy) is 1. The van der Waals surface area contributed by atoms with Crippen LogP contribution in [0.4, 0.5) is 0 Å². The van der Waals surface area contributed by atoms with Gasteiger partial charge in [0.15, 0.2) is 0 Å². The Bertz CT molecular complexity index is 225. The average Bonchev–Trinajstić information content (AvgIpc) is 2.23. The zero-order valence-electron chi connectivity index (χ0n) is 12.1. The molecule has 0 aliphatic rings. The molecule has 0 heterocycles. The molecule has 1 unspecified atom stereocenters. The molecule has 1 amide bonds. The maximum Gasteiger partial charge on any atom is 0.220 e. The highest BCUT2D eigenvalue weighted by molar-refractivity contribution is 5.85. The highest BCUT2D eigenvalue weighted by Gasteiger charge is 2.25. The molecule has 0 rings (SSSR count). The van der Waals surface area contributed by atoms with Crippen molar-refractivity contribution in [1.29, 1.82) is 0 Å². The lowest BCUT2D eigenvalue weighted by molar-refractivity contribution is -0.123. The fourth-order valence-corrected chi connectivity index (χ4v) is 1.96. The summed E-state index contributed by atoms with van der Waals surface area (Å²) in [6, 6.07) is 0. The van der Waals surface area contributed by atoms with Gasteiger partial charge in [0.25, 0.3) is 0 Å². The summed E-state index contributed by atoms with van der Waals surface area (Å²) in [6.45, 7) is 10.1. The van der Waals surface area contributed by atoms with Crippen LogP contribution in [0.2, 0.25) is 0 Å². The van der Waals surface area contributed by atoms with E-state index in [0.717, 1.165) is 12.8 Å². The average molecular weight is 281 g/mol. The van der Waals surface area contributed by atoms with Crippen LogP contribution in [0, 0.1) is 5.92 Å². The molecule has 5 heteroatoms. The molecule has 0 spiro atoms. The lowest BCUT2D eigenvalue weighted by Gasteiger charge is -2.31. The predicted octanol–water partition coefficient (Wildman–Crippen LogP) is 2.10. The summed E-state index contributed by atoms with van der Waals surface area (Å²) in [6.07, 6.45) is 2.18. The molecule has 110 valence electrons. The Hall–Kier alpha value is -0.320. The van der Waals surface area contributed by atoms with Crippen molar-refractivity contribution in [2.45, 2.75) is 52.5 Å². The van der Waals surface area contributed by atoms with E-state index in [1.165, 1.54) is 0 Å².